The maximum Gasteiger partial charge on any atom is 0.328 e. The number of nitrogens with zero attached hydrogens (tertiary/aromatic N) is 4. The molecule has 0 atom stereocenters. The Bertz CT molecular complexity index is 973. The minimum absolute atomic E-state index is 0.0168. The molecule has 0 saturated carbocycles. The van der Waals surface area contributed by atoms with E-state index < -0.39 is 11.2 Å². The van der Waals surface area contributed by atoms with E-state index in [0.717, 1.165) is 16.3 Å². The predicted molar refractivity (Wildman–Crippen MR) is 101 cm³/mol. The second kappa shape index (κ2) is 9.02. The maximum absolute atomic E-state index is 12.5. The Labute approximate surface area is 164 Å². The number of carbonyl (C=O) groups is 1. The number of aromatic amines is 1. The van der Waals surface area contributed by atoms with Crippen molar-refractivity contribution in [3.8, 4) is 0 Å². The van der Waals surface area contributed by atoms with Crippen LogP contribution in [0, 0.1) is 6.92 Å². The van der Waals surface area contributed by atoms with Crippen LogP contribution in [0.15, 0.2) is 31.9 Å². The number of thioether (sulfide) groups is 1. The number of nitrogens with one attached hydrogen (secondary N) is 1. The van der Waals surface area contributed by atoms with Crippen LogP contribution in [0.5, 0.6) is 0 Å². The van der Waals surface area contributed by atoms with E-state index in [0.29, 0.717) is 37.6 Å². The smallest absolute Gasteiger partial charge is 0.328 e. The Morgan fingerprint density at radius 1 is 1.32 bits per heavy atom. The Balaban J connectivity index is 1.67. The van der Waals surface area contributed by atoms with Gasteiger partial charge in [0.25, 0.3) is 10.8 Å². The van der Waals surface area contributed by atoms with Crippen LogP contribution in [-0.2, 0) is 22.5 Å². The fraction of sp³-hybridized carbons (Fsp3) is 0.471. The number of aryl methyl sites for hydroxylation is 1. The summed E-state index contributed by atoms with van der Waals surface area (Å²) in [5.41, 5.74) is -0.0955. The van der Waals surface area contributed by atoms with Crippen LogP contribution in [0.2, 0.25) is 0 Å². The summed E-state index contributed by atoms with van der Waals surface area (Å²) in [5, 5.41) is 8.11. The van der Waals surface area contributed by atoms with E-state index >= 15 is 0 Å². The molecule has 150 valence electrons. The normalized spacial score (nSPS) is 14.2. The summed E-state index contributed by atoms with van der Waals surface area (Å²) in [6, 6.07) is 0. The van der Waals surface area contributed by atoms with E-state index in [4.69, 9.17) is 9.15 Å². The molecule has 1 saturated heterocycles. The summed E-state index contributed by atoms with van der Waals surface area (Å²) in [7, 11) is 0. The highest BCUT2D eigenvalue weighted by molar-refractivity contribution is 7.99. The van der Waals surface area contributed by atoms with Gasteiger partial charge in [-0.15, -0.1) is 16.8 Å². The van der Waals surface area contributed by atoms with Crippen molar-refractivity contribution in [2.75, 3.05) is 32.1 Å². The van der Waals surface area contributed by atoms with Crippen LogP contribution in [-0.4, -0.2) is 62.6 Å². The topological polar surface area (TPSA) is 123 Å². The van der Waals surface area contributed by atoms with E-state index in [9.17, 15) is 14.4 Å². The zero-order valence-electron chi connectivity index (χ0n) is 15.5. The molecular formula is C17H21N5O5S. The van der Waals surface area contributed by atoms with Crippen molar-refractivity contribution in [1.82, 2.24) is 24.6 Å². The standard InChI is InChI=1S/C17H21N5O5S/c1-3-4-22-15(24)12(11(2)18-16(22)25)9-13-19-20-17(27-13)28-10-14(23)21-5-7-26-8-6-21/h3H,1,4-10H2,2H3,(H,18,25). The highest BCUT2D eigenvalue weighted by Gasteiger charge is 2.19. The van der Waals surface area contributed by atoms with Crippen LogP contribution in [0.3, 0.4) is 0 Å². The summed E-state index contributed by atoms with van der Waals surface area (Å²) >= 11 is 1.15. The number of allylic oxidation sites excluding steroid dienone is 1. The summed E-state index contributed by atoms with van der Waals surface area (Å²) in [6.07, 6.45) is 1.56. The number of hydrogen-bond donors (Lipinski definition) is 1. The molecule has 1 aliphatic rings. The molecule has 3 heterocycles. The number of aromatic nitrogens is 4. The summed E-state index contributed by atoms with van der Waals surface area (Å²) < 4.78 is 11.8. The lowest BCUT2D eigenvalue weighted by molar-refractivity contribution is -0.132. The van der Waals surface area contributed by atoms with Gasteiger partial charge in [-0.3, -0.25) is 14.2 Å². The molecule has 2 aromatic rings. The van der Waals surface area contributed by atoms with Gasteiger partial charge < -0.3 is 19.0 Å². The molecule has 11 heteroatoms. The first-order chi connectivity index (χ1) is 13.5. The molecule has 1 aliphatic heterocycles. The highest BCUT2D eigenvalue weighted by atomic mass is 32.2. The first kappa shape index (κ1) is 20.1. The van der Waals surface area contributed by atoms with Gasteiger partial charge in [-0.2, -0.15) is 0 Å². The fourth-order valence-electron chi connectivity index (χ4n) is 2.77. The van der Waals surface area contributed by atoms with Gasteiger partial charge in [-0.1, -0.05) is 17.8 Å². The minimum Gasteiger partial charge on any atom is -0.416 e. The largest absolute Gasteiger partial charge is 0.416 e. The number of hydrogen-bond acceptors (Lipinski definition) is 8. The lowest BCUT2D eigenvalue weighted by atomic mass is 10.1. The molecule has 1 fully saturated rings. The molecule has 2 aromatic heterocycles. The summed E-state index contributed by atoms with van der Waals surface area (Å²) in [6.45, 7) is 7.55. The third-order valence-corrected chi connectivity index (χ3v) is 5.07. The second-order valence-corrected chi connectivity index (χ2v) is 7.09. The van der Waals surface area contributed by atoms with E-state index in [-0.39, 0.29) is 35.7 Å². The lowest BCUT2D eigenvalue weighted by Crippen LogP contribution is -2.41. The van der Waals surface area contributed by atoms with Crippen molar-refractivity contribution in [2.45, 2.75) is 25.1 Å². The number of H-pyrrole nitrogens is 1. The van der Waals surface area contributed by atoms with E-state index in [2.05, 4.69) is 21.8 Å². The predicted octanol–water partition coefficient (Wildman–Crippen LogP) is -0.0443. The average Bonchev–Trinajstić information content (AvgIpc) is 3.15. The number of morpholine rings is 1. The van der Waals surface area contributed by atoms with Crippen LogP contribution in [0.25, 0.3) is 0 Å². The number of amides is 1. The van der Waals surface area contributed by atoms with Gasteiger partial charge in [-0.05, 0) is 6.92 Å². The number of rotatable bonds is 7. The Morgan fingerprint density at radius 3 is 2.79 bits per heavy atom. The van der Waals surface area contributed by atoms with Crippen molar-refractivity contribution < 1.29 is 13.9 Å². The Hall–Kier alpha value is -2.66. The monoisotopic (exact) mass is 407 g/mol. The van der Waals surface area contributed by atoms with Gasteiger partial charge in [0.15, 0.2) is 0 Å². The van der Waals surface area contributed by atoms with E-state index in [1.54, 1.807) is 11.8 Å². The Morgan fingerprint density at radius 2 is 2.07 bits per heavy atom. The number of ether oxygens (including phenoxy) is 1. The van der Waals surface area contributed by atoms with Crippen LogP contribution < -0.4 is 11.2 Å². The van der Waals surface area contributed by atoms with Crippen molar-refractivity contribution in [3.63, 3.8) is 0 Å². The zero-order valence-corrected chi connectivity index (χ0v) is 16.3. The molecule has 0 spiro atoms. The first-order valence-electron chi connectivity index (χ1n) is 8.73. The molecular weight excluding hydrogens is 386 g/mol. The van der Waals surface area contributed by atoms with Gasteiger partial charge in [0, 0.05) is 30.9 Å². The zero-order chi connectivity index (χ0) is 20.1. The van der Waals surface area contributed by atoms with Crippen LogP contribution in [0.1, 0.15) is 17.1 Å². The van der Waals surface area contributed by atoms with Crippen LogP contribution in [0.4, 0.5) is 0 Å². The van der Waals surface area contributed by atoms with Crippen molar-refractivity contribution >= 4 is 17.7 Å². The molecule has 28 heavy (non-hydrogen) atoms. The molecule has 10 nitrogen and oxygen atoms in total. The molecule has 0 bridgehead atoms. The molecule has 0 aromatic carbocycles. The molecule has 0 aliphatic carbocycles. The third kappa shape index (κ3) is 4.60. The average molecular weight is 407 g/mol. The molecule has 0 radical (unpaired) electrons. The van der Waals surface area contributed by atoms with E-state index in [1.165, 1.54) is 6.08 Å². The van der Waals surface area contributed by atoms with Gasteiger partial charge in [0.05, 0.1) is 25.4 Å². The highest BCUT2D eigenvalue weighted by Crippen LogP contribution is 2.18. The van der Waals surface area contributed by atoms with Gasteiger partial charge >= 0.3 is 5.69 Å². The van der Waals surface area contributed by atoms with Crippen molar-refractivity contribution in [3.05, 3.63) is 50.6 Å². The maximum atomic E-state index is 12.5. The molecule has 0 unspecified atom stereocenters. The van der Waals surface area contributed by atoms with Crippen molar-refractivity contribution in [2.24, 2.45) is 0 Å². The van der Waals surface area contributed by atoms with Crippen LogP contribution >= 0.6 is 11.8 Å². The molecule has 3 rings (SSSR count). The van der Waals surface area contributed by atoms with Gasteiger partial charge in [0.1, 0.15) is 0 Å². The van der Waals surface area contributed by atoms with Gasteiger partial charge in [-0.25, -0.2) is 4.79 Å². The van der Waals surface area contributed by atoms with Crippen molar-refractivity contribution in [1.29, 1.82) is 0 Å². The minimum atomic E-state index is -0.491. The summed E-state index contributed by atoms with van der Waals surface area (Å²) in [4.78, 5) is 41.0. The quantitative estimate of drug-likeness (QED) is 0.501. The third-order valence-electron chi connectivity index (χ3n) is 4.27. The Kier molecular flexibility index (Phi) is 6.47. The summed E-state index contributed by atoms with van der Waals surface area (Å²) in [5.74, 6) is 0.404. The lowest BCUT2D eigenvalue weighted by Gasteiger charge is -2.26. The fourth-order valence-corrected chi connectivity index (χ4v) is 3.45. The van der Waals surface area contributed by atoms with Gasteiger partial charge in [0.2, 0.25) is 11.8 Å². The molecule has 1 N–H and O–H groups in total. The molecule has 1 amide bonds. The SMILES string of the molecule is C=CCn1c(=O)[nH]c(C)c(Cc2nnc(SCC(=O)N3CCOCC3)o2)c1=O. The first-order valence-corrected chi connectivity index (χ1v) is 9.72. The number of carbonyl (C=O) groups excluding carboxylic acids is 1. The van der Waals surface area contributed by atoms with E-state index in [1.807, 2.05) is 0 Å². The second-order valence-electron chi connectivity index (χ2n) is 6.16.